The van der Waals surface area contributed by atoms with Crippen molar-refractivity contribution < 1.29 is 19.1 Å². The SMILES string of the molecule is O=C(O)c1ccc(C(=O)N2CCN(c3cccnn3)CC2)c(F)c1. The Labute approximate surface area is 137 Å². The summed E-state index contributed by atoms with van der Waals surface area (Å²) in [4.78, 5) is 26.8. The van der Waals surface area contributed by atoms with Gasteiger partial charge in [-0.25, -0.2) is 9.18 Å². The third-order valence-electron chi connectivity index (χ3n) is 3.90. The van der Waals surface area contributed by atoms with Crippen LogP contribution in [0.15, 0.2) is 36.5 Å². The quantitative estimate of drug-likeness (QED) is 0.912. The minimum absolute atomic E-state index is 0.118. The number of amides is 1. The van der Waals surface area contributed by atoms with Gasteiger partial charge in [0.1, 0.15) is 5.82 Å². The van der Waals surface area contributed by atoms with Gasteiger partial charge in [-0.1, -0.05) is 0 Å². The van der Waals surface area contributed by atoms with Crippen molar-refractivity contribution in [2.24, 2.45) is 0 Å². The van der Waals surface area contributed by atoms with E-state index in [1.807, 2.05) is 11.0 Å². The summed E-state index contributed by atoms with van der Waals surface area (Å²) in [6.07, 6.45) is 1.59. The Hall–Kier alpha value is -3.03. The average Bonchev–Trinajstić information content (AvgIpc) is 2.62. The van der Waals surface area contributed by atoms with Gasteiger partial charge < -0.3 is 14.9 Å². The van der Waals surface area contributed by atoms with Crippen molar-refractivity contribution in [2.45, 2.75) is 0 Å². The highest BCUT2D eigenvalue weighted by atomic mass is 19.1. The number of carbonyl (C=O) groups excluding carboxylic acids is 1. The van der Waals surface area contributed by atoms with Gasteiger partial charge in [0.25, 0.3) is 5.91 Å². The van der Waals surface area contributed by atoms with E-state index in [0.29, 0.717) is 26.2 Å². The molecule has 1 aliphatic heterocycles. The number of aromatic nitrogens is 2. The molecule has 8 heteroatoms. The summed E-state index contributed by atoms with van der Waals surface area (Å²) in [5.74, 6) is -1.76. The molecule has 0 spiro atoms. The van der Waals surface area contributed by atoms with E-state index in [1.54, 1.807) is 17.2 Å². The van der Waals surface area contributed by atoms with E-state index in [-0.39, 0.29) is 11.1 Å². The number of piperazine rings is 1. The molecule has 1 amide bonds. The molecule has 0 bridgehead atoms. The lowest BCUT2D eigenvalue weighted by molar-refractivity contribution is 0.0691. The van der Waals surface area contributed by atoms with Crippen LogP contribution in [0.3, 0.4) is 0 Å². The first-order chi connectivity index (χ1) is 11.6. The van der Waals surface area contributed by atoms with E-state index >= 15 is 0 Å². The summed E-state index contributed by atoms with van der Waals surface area (Å²) >= 11 is 0. The molecular formula is C16H15FN4O3. The molecule has 1 saturated heterocycles. The van der Waals surface area contributed by atoms with Gasteiger partial charge >= 0.3 is 5.97 Å². The number of carboxylic acid groups (broad SMARTS) is 1. The smallest absolute Gasteiger partial charge is 0.335 e. The summed E-state index contributed by atoms with van der Waals surface area (Å²) in [7, 11) is 0. The molecule has 24 heavy (non-hydrogen) atoms. The summed E-state index contributed by atoms with van der Waals surface area (Å²) in [6, 6.07) is 6.95. The van der Waals surface area contributed by atoms with E-state index in [1.165, 1.54) is 12.1 Å². The number of aromatic carboxylic acids is 1. The maximum Gasteiger partial charge on any atom is 0.335 e. The van der Waals surface area contributed by atoms with Gasteiger partial charge in [-0.15, -0.1) is 5.10 Å². The van der Waals surface area contributed by atoms with Gasteiger partial charge in [0.05, 0.1) is 11.1 Å². The fourth-order valence-electron chi connectivity index (χ4n) is 2.59. The number of hydrogen-bond donors (Lipinski definition) is 1. The molecule has 0 saturated carbocycles. The molecule has 1 aromatic carbocycles. The Bertz CT molecular complexity index is 761. The molecule has 7 nitrogen and oxygen atoms in total. The van der Waals surface area contributed by atoms with Gasteiger partial charge in [-0.2, -0.15) is 5.10 Å². The number of carbonyl (C=O) groups is 2. The maximum absolute atomic E-state index is 14.0. The van der Waals surface area contributed by atoms with E-state index in [4.69, 9.17) is 5.11 Å². The van der Waals surface area contributed by atoms with Crippen LogP contribution < -0.4 is 4.90 Å². The third-order valence-corrected chi connectivity index (χ3v) is 3.90. The minimum Gasteiger partial charge on any atom is -0.478 e. The van der Waals surface area contributed by atoms with Crippen LogP contribution in [-0.4, -0.2) is 58.3 Å². The molecule has 2 heterocycles. The predicted molar refractivity (Wildman–Crippen MR) is 83.5 cm³/mol. The number of carboxylic acids is 1. The van der Waals surface area contributed by atoms with Crippen LogP contribution in [0.2, 0.25) is 0 Å². The van der Waals surface area contributed by atoms with Gasteiger partial charge in [0, 0.05) is 32.4 Å². The third kappa shape index (κ3) is 3.17. The van der Waals surface area contributed by atoms with Crippen molar-refractivity contribution in [1.29, 1.82) is 0 Å². The van der Waals surface area contributed by atoms with Crippen LogP contribution in [0.1, 0.15) is 20.7 Å². The summed E-state index contributed by atoms with van der Waals surface area (Å²) < 4.78 is 14.0. The minimum atomic E-state index is -1.23. The van der Waals surface area contributed by atoms with Gasteiger partial charge in [0.2, 0.25) is 0 Å². The van der Waals surface area contributed by atoms with E-state index < -0.39 is 17.7 Å². The second-order valence-corrected chi connectivity index (χ2v) is 5.36. The monoisotopic (exact) mass is 330 g/mol. The largest absolute Gasteiger partial charge is 0.478 e. The number of hydrogen-bond acceptors (Lipinski definition) is 5. The molecule has 1 fully saturated rings. The highest BCUT2D eigenvalue weighted by Crippen LogP contribution is 2.17. The van der Waals surface area contributed by atoms with Crippen LogP contribution in [0.4, 0.5) is 10.2 Å². The van der Waals surface area contributed by atoms with Crippen LogP contribution in [0.5, 0.6) is 0 Å². The van der Waals surface area contributed by atoms with Crippen LogP contribution in [-0.2, 0) is 0 Å². The lowest BCUT2D eigenvalue weighted by atomic mass is 10.1. The van der Waals surface area contributed by atoms with Crippen LogP contribution >= 0.6 is 0 Å². The van der Waals surface area contributed by atoms with E-state index in [9.17, 15) is 14.0 Å². The van der Waals surface area contributed by atoms with Gasteiger partial charge in [-0.3, -0.25) is 4.79 Å². The molecule has 0 atom stereocenters. The lowest BCUT2D eigenvalue weighted by Gasteiger charge is -2.35. The molecular weight excluding hydrogens is 315 g/mol. The number of rotatable bonds is 3. The number of halogens is 1. The van der Waals surface area contributed by atoms with Crippen molar-refractivity contribution in [3.05, 3.63) is 53.5 Å². The Morgan fingerprint density at radius 1 is 1.12 bits per heavy atom. The molecule has 2 aromatic rings. The topological polar surface area (TPSA) is 86.6 Å². The normalized spacial score (nSPS) is 14.5. The molecule has 124 valence electrons. The zero-order valence-corrected chi connectivity index (χ0v) is 12.7. The van der Waals surface area contributed by atoms with Crippen molar-refractivity contribution in [2.75, 3.05) is 31.1 Å². The Balaban J connectivity index is 1.68. The van der Waals surface area contributed by atoms with Crippen LogP contribution in [0, 0.1) is 5.82 Å². The molecule has 3 rings (SSSR count). The summed E-state index contributed by atoms with van der Waals surface area (Å²) in [6.45, 7) is 1.99. The maximum atomic E-state index is 14.0. The molecule has 1 aromatic heterocycles. The van der Waals surface area contributed by atoms with E-state index in [2.05, 4.69) is 10.2 Å². The van der Waals surface area contributed by atoms with Gasteiger partial charge in [0.15, 0.2) is 5.82 Å². The first-order valence-electron chi connectivity index (χ1n) is 7.41. The Kier molecular flexibility index (Phi) is 4.37. The number of benzene rings is 1. The van der Waals surface area contributed by atoms with Gasteiger partial charge in [-0.05, 0) is 30.3 Å². The second-order valence-electron chi connectivity index (χ2n) is 5.36. The van der Waals surface area contributed by atoms with E-state index in [0.717, 1.165) is 11.9 Å². The molecule has 0 unspecified atom stereocenters. The lowest BCUT2D eigenvalue weighted by Crippen LogP contribution is -2.49. The molecule has 1 aliphatic rings. The van der Waals surface area contributed by atoms with Crippen molar-refractivity contribution in [3.63, 3.8) is 0 Å². The zero-order chi connectivity index (χ0) is 17.1. The standard InChI is InChI=1S/C16H15FN4O3/c17-13-10-11(16(23)24)3-4-12(13)15(22)21-8-6-20(7-9-21)14-2-1-5-18-19-14/h1-5,10H,6-9H2,(H,23,24). The summed E-state index contributed by atoms with van der Waals surface area (Å²) in [5.41, 5.74) is -0.301. The fourth-order valence-corrected chi connectivity index (χ4v) is 2.59. The second kappa shape index (κ2) is 6.61. The van der Waals surface area contributed by atoms with Crippen molar-refractivity contribution >= 4 is 17.7 Å². The Morgan fingerprint density at radius 2 is 1.88 bits per heavy atom. The highest BCUT2D eigenvalue weighted by molar-refractivity contribution is 5.96. The molecule has 1 N–H and O–H groups in total. The fraction of sp³-hybridized carbons (Fsp3) is 0.250. The summed E-state index contributed by atoms with van der Waals surface area (Å²) in [5, 5.41) is 16.7. The first kappa shape index (κ1) is 15.9. The Morgan fingerprint density at radius 3 is 2.46 bits per heavy atom. The zero-order valence-electron chi connectivity index (χ0n) is 12.7. The van der Waals surface area contributed by atoms with Crippen molar-refractivity contribution in [1.82, 2.24) is 15.1 Å². The van der Waals surface area contributed by atoms with Crippen LogP contribution in [0.25, 0.3) is 0 Å². The number of nitrogens with zero attached hydrogens (tertiary/aromatic N) is 4. The van der Waals surface area contributed by atoms with Crippen molar-refractivity contribution in [3.8, 4) is 0 Å². The average molecular weight is 330 g/mol. The first-order valence-corrected chi connectivity index (χ1v) is 7.41. The predicted octanol–water partition coefficient (Wildman–Crippen LogP) is 1.28. The highest BCUT2D eigenvalue weighted by Gasteiger charge is 2.25. The molecule has 0 radical (unpaired) electrons. The molecule has 0 aliphatic carbocycles. The number of anilines is 1.